The fourth-order valence-corrected chi connectivity index (χ4v) is 10.6. The summed E-state index contributed by atoms with van der Waals surface area (Å²) in [5.41, 5.74) is 15.6. The van der Waals surface area contributed by atoms with E-state index in [0.717, 1.165) is 50.4 Å². The average molecular weight is 816 g/mol. The van der Waals surface area contributed by atoms with Crippen molar-refractivity contribution in [2.75, 3.05) is 0 Å². The van der Waals surface area contributed by atoms with E-state index in [-0.39, 0.29) is 5.41 Å². The van der Waals surface area contributed by atoms with Gasteiger partial charge in [0.05, 0.1) is 22.4 Å². The Bertz CT molecular complexity index is 3850. The van der Waals surface area contributed by atoms with E-state index in [4.69, 9.17) is 9.97 Å². The summed E-state index contributed by atoms with van der Waals surface area (Å²) >= 11 is 0. The largest absolute Gasteiger partial charge is 0.309 e. The Labute approximate surface area is 371 Å². The summed E-state index contributed by atoms with van der Waals surface area (Å²) in [6.45, 7) is 4.67. The van der Waals surface area contributed by atoms with Crippen molar-refractivity contribution < 1.29 is 0 Å². The molecule has 0 unspecified atom stereocenters. The SMILES string of the molecule is CC1(C)c2cc(-c3ccccc3)c(-c3ccccc3)cc2-c2nc(-c3ccc4cc(-n5c6cc7ccccc7cc6c6c7ccccc7ccc65)ccc4c3)nc(-c3ccccc3)c21. The van der Waals surface area contributed by atoms with Crippen LogP contribution < -0.4 is 0 Å². The zero-order chi connectivity index (χ0) is 42.5. The lowest BCUT2D eigenvalue weighted by Gasteiger charge is -2.25. The van der Waals surface area contributed by atoms with Crippen LogP contribution in [0.4, 0.5) is 0 Å². The van der Waals surface area contributed by atoms with Crippen LogP contribution in [-0.4, -0.2) is 14.5 Å². The molecule has 10 aromatic carbocycles. The Hall–Kier alpha value is -8.14. The summed E-state index contributed by atoms with van der Waals surface area (Å²) in [5, 5.41) is 9.85. The first-order valence-electron chi connectivity index (χ1n) is 22.1. The molecule has 0 N–H and O–H groups in total. The van der Waals surface area contributed by atoms with Gasteiger partial charge in [-0.05, 0) is 109 Å². The van der Waals surface area contributed by atoms with Gasteiger partial charge >= 0.3 is 0 Å². The van der Waals surface area contributed by atoms with Crippen molar-refractivity contribution in [3.63, 3.8) is 0 Å². The topological polar surface area (TPSA) is 30.7 Å². The molecule has 0 amide bonds. The van der Waals surface area contributed by atoms with Gasteiger partial charge in [0.1, 0.15) is 0 Å². The van der Waals surface area contributed by atoms with Gasteiger partial charge in [0, 0.05) is 44.1 Å². The van der Waals surface area contributed by atoms with Gasteiger partial charge in [0.15, 0.2) is 5.82 Å². The summed E-state index contributed by atoms with van der Waals surface area (Å²) in [6.07, 6.45) is 0. The molecule has 300 valence electrons. The zero-order valence-corrected chi connectivity index (χ0v) is 35.5. The van der Waals surface area contributed by atoms with Crippen LogP contribution in [0.3, 0.4) is 0 Å². The highest BCUT2D eigenvalue weighted by atomic mass is 15.0. The van der Waals surface area contributed by atoms with E-state index < -0.39 is 0 Å². The molecule has 1 aliphatic rings. The van der Waals surface area contributed by atoms with Crippen molar-refractivity contribution in [3.8, 4) is 61.8 Å². The molecule has 1 aliphatic carbocycles. The molecule has 0 aliphatic heterocycles. The van der Waals surface area contributed by atoms with Crippen LogP contribution in [0.2, 0.25) is 0 Å². The summed E-state index contributed by atoms with van der Waals surface area (Å²) in [5.74, 6) is 0.724. The molecule has 3 nitrogen and oxygen atoms in total. The average Bonchev–Trinajstić information content (AvgIpc) is 3.80. The molecule has 64 heavy (non-hydrogen) atoms. The lowest BCUT2D eigenvalue weighted by molar-refractivity contribution is 0.658. The molecule has 3 heteroatoms. The molecule has 2 aromatic heterocycles. The first-order valence-corrected chi connectivity index (χ1v) is 22.1. The quantitative estimate of drug-likeness (QED) is 0.173. The minimum absolute atomic E-state index is 0.349. The van der Waals surface area contributed by atoms with Gasteiger partial charge in [-0.25, -0.2) is 9.97 Å². The third-order valence-corrected chi connectivity index (χ3v) is 13.7. The molecular weight excluding hydrogens is 775 g/mol. The molecular formula is C61H41N3. The molecule has 12 aromatic rings. The lowest BCUT2D eigenvalue weighted by Crippen LogP contribution is -2.17. The van der Waals surface area contributed by atoms with Crippen molar-refractivity contribution in [3.05, 3.63) is 223 Å². The van der Waals surface area contributed by atoms with E-state index in [1.54, 1.807) is 0 Å². The van der Waals surface area contributed by atoms with E-state index in [0.29, 0.717) is 0 Å². The number of aromatic nitrogens is 3. The number of benzene rings is 10. The van der Waals surface area contributed by atoms with Gasteiger partial charge in [0.25, 0.3) is 0 Å². The number of hydrogen-bond acceptors (Lipinski definition) is 2. The van der Waals surface area contributed by atoms with Crippen LogP contribution in [0, 0.1) is 0 Å². The molecule has 0 bridgehead atoms. The third-order valence-electron chi connectivity index (χ3n) is 13.7. The van der Waals surface area contributed by atoms with Crippen LogP contribution in [0.15, 0.2) is 212 Å². The predicted molar refractivity (Wildman–Crippen MR) is 268 cm³/mol. The Balaban J connectivity index is 0.993. The standard InChI is InChI=1S/C61H41N3/c1-61(2)53-37-50(39-18-8-4-9-19-39)49(38-16-6-3-7-17-38)36-51(53)59-57(61)58(41-21-10-5-11-22-41)62-60(63-59)46-27-26-45-33-47(30-28-44(45)32-46)64-54-31-29-40-20-14-15-25-48(40)56(54)52-34-42-23-12-13-24-43(42)35-55(52)64/h3-37H,1-2H3. The summed E-state index contributed by atoms with van der Waals surface area (Å²) in [7, 11) is 0. The molecule has 2 heterocycles. The number of nitrogens with zero attached hydrogens (tertiary/aromatic N) is 3. The molecule has 0 fully saturated rings. The van der Waals surface area contributed by atoms with Gasteiger partial charge in [-0.1, -0.05) is 178 Å². The van der Waals surface area contributed by atoms with Crippen LogP contribution >= 0.6 is 0 Å². The molecule has 0 radical (unpaired) electrons. The van der Waals surface area contributed by atoms with Gasteiger partial charge in [-0.2, -0.15) is 0 Å². The van der Waals surface area contributed by atoms with Crippen molar-refractivity contribution in [1.82, 2.24) is 14.5 Å². The van der Waals surface area contributed by atoms with E-state index >= 15 is 0 Å². The summed E-state index contributed by atoms with van der Waals surface area (Å²) in [4.78, 5) is 11.0. The van der Waals surface area contributed by atoms with E-state index in [1.165, 1.54) is 76.7 Å². The number of hydrogen-bond donors (Lipinski definition) is 0. The molecule has 0 spiro atoms. The van der Waals surface area contributed by atoms with Crippen molar-refractivity contribution in [1.29, 1.82) is 0 Å². The first kappa shape index (κ1) is 36.5. The maximum absolute atomic E-state index is 5.55. The fourth-order valence-electron chi connectivity index (χ4n) is 10.6. The van der Waals surface area contributed by atoms with Gasteiger partial charge in [-0.15, -0.1) is 0 Å². The maximum atomic E-state index is 5.55. The second-order valence-corrected chi connectivity index (χ2v) is 17.8. The van der Waals surface area contributed by atoms with Crippen molar-refractivity contribution >= 4 is 54.1 Å². The Morgan fingerprint density at radius 3 is 1.67 bits per heavy atom. The third kappa shape index (κ3) is 5.54. The highest BCUT2D eigenvalue weighted by Gasteiger charge is 2.41. The van der Waals surface area contributed by atoms with Crippen LogP contribution in [0.25, 0.3) is 116 Å². The van der Waals surface area contributed by atoms with Crippen LogP contribution in [0.5, 0.6) is 0 Å². The van der Waals surface area contributed by atoms with E-state index in [9.17, 15) is 0 Å². The maximum Gasteiger partial charge on any atom is 0.160 e. The monoisotopic (exact) mass is 815 g/mol. The second-order valence-electron chi connectivity index (χ2n) is 17.8. The molecule has 0 atom stereocenters. The molecule has 0 saturated carbocycles. The fraction of sp³-hybridized carbons (Fsp3) is 0.0492. The number of rotatable bonds is 5. The second kappa shape index (κ2) is 13.9. The van der Waals surface area contributed by atoms with Crippen molar-refractivity contribution in [2.24, 2.45) is 0 Å². The highest BCUT2D eigenvalue weighted by Crippen LogP contribution is 2.54. The molecule has 0 saturated heterocycles. The van der Waals surface area contributed by atoms with E-state index in [2.05, 4.69) is 231 Å². The van der Waals surface area contributed by atoms with Gasteiger partial charge in [0.2, 0.25) is 0 Å². The van der Waals surface area contributed by atoms with Gasteiger partial charge < -0.3 is 4.57 Å². The summed E-state index contributed by atoms with van der Waals surface area (Å²) < 4.78 is 2.44. The van der Waals surface area contributed by atoms with Crippen LogP contribution in [-0.2, 0) is 5.41 Å². The zero-order valence-electron chi connectivity index (χ0n) is 35.5. The Morgan fingerprint density at radius 1 is 0.375 bits per heavy atom. The minimum atomic E-state index is -0.349. The number of fused-ring (bicyclic) bond motifs is 10. The Morgan fingerprint density at radius 2 is 0.938 bits per heavy atom. The Kier molecular flexibility index (Phi) is 7.95. The predicted octanol–water partition coefficient (Wildman–Crippen LogP) is 16.0. The van der Waals surface area contributed by atoms with Gasteiger partial charge in [-0.3, -0.25) is 0 Å². The highest BCUT2D eigenvalue weighted by molar-refractivity contribution is 6.23. The van der Waals surface area contributed by atoms with Crippen LogP contribution in [0.1, 0.15) is 25.0 Å². The lowest BCUT2D eigenvalue weighted by atomic mass is 9.79. The molecule has 13 rings (SSSR count). The van der Waals surface area contributed by atoms with E-state index in [1.807, 2.05) is 0 Å². The minimum Gasteiger partial charge on any atom is -0.309 e. The normalized spacial score (nSPS) is 13.0. The smallest absolute Gasteiger partial charge is 0.160 e. The first-order chi connectivity index (χ1) is 31.5. The summed E-state index contributed by atoms with van der Waals surface area (Å²) in [6, 6.07) is 77.2. The van der Waals surface area contributed by atoms with Crippen molar-refractivity contribution in [2.45, 2.75) is 19.3 Å².